The molecule has 2 fully saturated rings. The molecule has 1 aromatic rings. The van der Waals surface area contributed by atoms with Crippen molar-refractivity contribution in [1.82, 2.24) is 10.2 Å². The number of likely N-dealkylation sites (tertiary alicyclic amines) is 1. The summed E-state index contributed by atoms with van der Waals surface area (Å²) in [7, 11) is -3.89. The van der Waals surface area contributed by atoms with Crippen LogP contribution in [0, 0.1) is 11.3 Å². The molecular formula is C17H16F3N3O5S. The number of halogens is 3. The Balaban J connectivity index is 1.84. The fraction of sp³-hybridized carbons (Fsp3) is 0.471. The Morgan fingerprint density at radius 3 is 2.41 bits per heavy atom. The predicted molar refractivity (Wildman–Crippen MR) is 91.1 cm³/mol. The van der Waals surface area contributed by atoms with Gasteiger partial charge in [-0.15, -0.1) is 0 Å². The highest BCUT2D eigenvalue weighted by Crippen LogP contribution is 2.45. The number of alkyl halides is 3. The summed E-state index contributed by atoms with van der Waals surface area (Å²) >= 11 is 0. The van der Waals surface area contributed by atoms with Crippen LogP contribution in [0.15, 0.2) is 35.2 Å². The average molecular weight is 431 g/mol. The normalized spacial score (nSPS) is 29.8. The number of carbonyl (C=O) groups is 2. The van der Waals surface area contributed by atoms with E-state index in [1.165, 1.54) is 29.2 Å². The summed E-state index contributed by atoms with van der Waals surface area (Å²) < 4.78 is 63.3. The summed E-state index contributed by atoms with van der Waals surface area (Å²) in [6.45, 7) is -0.274. The zero-order valence-electron chi connectivity index (χ0n) is 14.8. The molecule has 2 N–H and O–H groups in total. The van der Waals surface area contributed by atoms with Gasteiger partial charge in [0.15, 0.2) is 9.84 Å². The van der Waals surface area contributed by atoms with Crippen molar-refractivity contribution in [3.05, 3.63) is 30.3 Å². The van der Waals surface area contributed by atoms with Crippen LogP contribution in [0.4, 0.5) is 13.2 Å². The molecule has 3 rings (SSSR count). The third kappa shape index (κ3) is 3.79. The van der Waals surface area contributed by atoms with Crippen LogP contribution in [-0.2, 0) is 19.4 Å². The molecular weight excluding hydrogens is 415 g/mol. The van der Waals surface area contributed by atoms with Gasteiger partial charge in [-0.05, 0) is 18.6 Å². The zero-order chi connectivity index (χ0) is 21.6. The number of benzene rings is 1. The van der Waals surface area contributed by atoms with Gasteiger partial charge in [-0.3, -0.25) is 14.5 Å². The molecule has 2 aliphatic rings. The van der Waals surface area contributed by atoms with Crippen LogP contribution in [0.2, 0.25) is 0 Å². The van der Waals surface area contributed by atoms with Gasteiger partial charge in [0.1, 0.15) is 11.6 Å². The molecule has 1 heterocycles. The lowest BCUT2D eigenvalue weighted by Gasteiger charge is -2.23. The molecule has 0 bridgehead atoms. The first kappa shape index (κ1) is 21.1. The number of rotatable bonds is 5. The Hall–Kier alpha value is -2.65. The number of hydrogen-bond donors (Lipinski definition) is 2. The third-order valence-electron chi connectivity index (χ3n) is 5.21. The second kappa shape index (κ2) is 7.00. The molecule has 1 aromatic carbocycles. The fourth-order valence-electron chi connectivity index (χ4n) is 3.64. The summed E-state index contributed by atoms with van der Waals surface area (Å²) in [5, 5.41) is 19.3. The Morgan fingerprint density at radius 1 is 1.28 bits per heavy atom. The van der Waals surface area contributed by atoms with Crippen LogP contribution in [0.25, 0.3) is 0 Å². The van der Waals surface area contributed by atoms with E-state index in [1.54, 1.807) is 17.5 Å². The standard InChI is InChI=1S/C17H16F3N3O5S/c18-17(19,20)15(26)22-16(9-21)7-13(16)23-8-11(6-12(23)14(24)25)29(27,28)10-4-2-1-3-5-10/h1-5,11-13H,6-8H2,(H,22,26)(H,24,25)/t11-,12+,13?,16?/m1/s1. The molecule has 0 aromatic heterocycles. The van der Waals surface area contributed by atoms with Gasteiger partial charge in [-0.2, -0.15) is 18.4 Å². The smallest absolute Gasteiger partial charge is 0.471 e. The number of hydrogen-bond acceptors (Lipinski definition) is 6. The van der Waals surface area contributed by atoms with Crippen molar-refractivity contribution in [2.45, 2.75) is 46.8 Å². The maximum atomic E-state index is 12.8. The van der Waals surface area contributed by atoms with Gasteiger partial charge < -0.3 is 10.4 Å². The van der Waals surface area contributed by atoms with Crippen LogP contribution in [0.1, 0.15) is 12.8 Å². The van der Waals surface area contributed by atoms with E-state index in [9.17, 15) is 41.5 Å². The largest absolute Gasteiger partial charge is 0.480 e. The Labute approximate surface area is 163 Å². The van der Waals surface area contributed by atoms with E-state index < -0.39 is 50.8 Å². The lowest BCUT2D eigenvalue weighted by Crippen LogP contribution is -2.50. The van der Waals surface area contributed by atoms with Crippen molar-refractivity contribution in [3.8, 4) is 6.07 Å². The second-order valence-corrected chi connectivity index (χ2v) is 9.25. The predicted octanol–water partition coefficient (Wildman–Crippen LogP) is 0.701. The molecule has 4 atom stereocenters. The minimum Gasteiger partial charge on any atom is -0.480 e. The van der Waals surface area contributed by atoms with E-state index in [0.717, 1.165) is 0 Å². The number of carboxylic acid groups (broad SMARTS) is 1. The van der Waals surface area contributed by atoms with Gasteiger partial charge in [-0.25, -0.2) is 8.42 Å². The average Bonchev–Trinajstić information content (AvgIpc) is 3.17. The van der Waals surface area contributed by atoms with E-state index in [2.05, 4.69) is 0 Å². The molecule has 1 saturated carbocycles. The molecule has 1 aliphatic heterocycles. The van der Waals surface area contributed by atoms with Crippen LogP contribution in [-0.4, -0.2) is 65.9 Å². The number of nitriles is 1. The van der Waals surface area contributed by atoms with Crippen molar-refractivity contribution in [2.24, 2.45) is 0 Å². The van der Waals surface area contributed by atoms with Gasteiger partial charge in [0.2, 0.25) is 0 Å². The van der Waals surface area contributed by atoms with Gasteiger partial charge in [0.25, 0.3) is 0 Å². The minimum absolute atomic E-state index is 0.00343. The summed E-state index contributed by atoms with van der Waals surface area (Å²) in [6.07, 6.45) is -5.71. The van der Waals surface area contributed by atoms with E-state index in [4.69, 9.17) is 0 Å². The quantitative estimate of drug-likeness (QED) is 0.703. The Bertz CT molecular complexity index is 976. The van der Waals surface area contributed by atoms with Crippen LogP contribution >= 0.6 is 0 Å². The summed E-state index contributed by atoms with van der Waals surface area (Å²) in [5.74, 6) is -3.65. The molecule has 156 valence electrons. The number of nitrogens with zero attached hydrogens (tertiary/aromatic N) is 2. The number of aliphatic carboxylic acids is 1. The van der Waals surface area contributed by atoms with Crippen molar-refractivity contribution >= 4 is 21.7 Å². The molecule has 12 heteroatoms. The fourth-order valence-corrected chi connectivity index (χ4v) is 5.36. The number of carboxylic acids is 1. The van der Waals surface area contributed by atoms with Gasteiger partial charge in [-0.1, -0.05) is 18.2 Å². The minimum atomic E-state index is -5.20. The van der Waals surface area contributed by atoms with Crippen molar-refractivity contribution < 1.29 is 36.3 Å². The van der Waals surface area contributed by atoms with Crippen molar-refractivity contribution in [1.29, 1.82) is 5.26 Å². The van der Waals surface area contributed by atoms with Crippen LogP contribution in [0.3, 0.4) is 0 Å². The number of amides is 1. The van der Waals surface area contributed by atoms with E-state index in [-0.39, 0.29) is 24.3 Å². The molecule has 8 nitrogen and oxygen atoms in total. The molecule has 29 heavy (non-hydrogen) atoms. The molecule has 1 saturated heterocycles. The SMILES string of the molecule is N#CC1(NC(=O)C(F)(F)F)CC1N1C[C@H](S(=O)(=O)c2ccccc2)C[C@H]1C(=O)O. The molecule has 2 unspecified atom stereocenters. The third-order valence-corrected chi connectivity index (χ3v) is 7.36. The highest BCUT2D eigenvalue weighted by molar-refractivity contribution is 7.92. The summed E-state index contributed by atoms with van der Waals surface area (Å²) in [4.78, 5) is 24.1. The highest BCUT2D eigenvalue weighted by Gasteiger charge is 2.64. The molecule has 0 radical (unpaired) electrons. The van der Waals surface area contributed by atoms with Gasteiger partial charge >= 0.3 is 18.1 Å². The number of sulfone groups is 1. The first-order valence-electron chi connectivity index (χ1n) is 8.50. The van der Waals surface area contributed by atoms with Crippen LogP contribution < -0.4 is 5.32 Å². The van der Waals surface area contributed by atoms with E-state index in [0.29, 0.717) is 0 Å². The first-order valence-corrected chi connectivity index (χ1v) is 10.0. The zero-order valence-corrected chi connectivity index (χ0v) is 15.6. The first-order chi connectivity index (χ1) is 13.4. The second-order valence-electron chi connectivity index (χ2n) is 7.02. The highest BCUT2D eigenvalue weighted by atomic mass is 32.2. The topological polar surface area (TPSA) is 128 Å². The lowest BCUT2D eigenvalue weighted by molar-refractivity contribution is -0.174. The Kier molecular flexibility index (Phi) is 5.08. The Morgan fingerprint density at radius 2 is 1.90 bits per heavy atom. The maximum absolute atomic E-state index is 12.8. The number of nitrogens with one attached hydrogen (secondary N) is 1. The maximum Gasteiger partial charge on any atom is 0.471 e. The van der Waals surface area contributed by atoms with Crippen molar-refractivity contribution in [3.63, 3.8) is 0 Å². The van der Waals surface area contributed by atoms with Crippen LogP contribution in [0.5, 0.6) is 0 Å². The summed E-state index contributed by atoms with van der Waals surface area (Å²) in [5.41, 5.74) is -1.91. The van der Waals surface area contributed by atoms with Crippen molar-refractivity contribution in [2.75, 3.05) is 6.54 Å². The van der Waals surface area contributed by atoms with E-state index in [1.807, 2.05) is 0 Å². The molecule has 1 aliphatic carbocycles. The van der Waals surface area contributed by atoms with Gasteiger partial charge in [0.05, 0.1) is 22.3 Å². The monoisotopic (exact) mass is 431 g/mol. The molecule has 1 amide bonds. The molecule has 0 spiro atoms. The lowest BCUT2D eigenvalue weighted by atomic mass is 10.2. The van der Waals surface area contributed by atoms with E-state index >= 15 is 0 Å². The van der Waals surface area contributed by atoms with Gasteiger partial charge in [0, 0.05) is 13.0 Å². The number of carbonyl (C=O) groups excluding carboxylic acids is 1. The summed E-state index contributed by atoms with van der Waals surface area (Å²) in [6, 6.07) is 6.67.